The number of sulfone groups is 1. The molecule has 10 heteroatoms. The van der Waals surface area contributed by atoms with Crippen LogP contribution in [-0.4, -0.2) is 44.0 Å². The highest BCUT2D eigenvalue weighted by Gasteiger charge is 2.51. The number of carbonyl (C=O) groups is 2. The van der Waals surface area contributed by atoms with Gasteiger partial charge in [0.2, 0.25) is 0 Å². The monoisotopic (exact) mass is 425 g/mol. The van der Waals surface area contributed by atoms with E-state index in [9.17, 15) is 31.2 Å². The number of halogens is 3. The molecule has 1 heterocycles. The molecule has 0 aliphatic carbocycles. The zero-order valence-electron chi connectivity index (χ0n) is 14.9. The summed E-state index contributed by atoms with van der Waals surface area (Å²) in [6, 6.07) is 9.99. The molecular formula is C19H14F3NO5S. The van der Waals surface area contributed by atoms with Gasteiger partial charge in [-0.1, -0.05) is 18.2 Å². The van der Waals surface area contributed by atoms with Gasteiger partial charge in [0.1, 0.15) is 5.75 Å². The van der Waals surface area contributed by atoms with Crippen LogP contribution in [0.4, 0.5) is 13.2 Å². The smallest absolute Gasteiger partial charge is 0.400 e. The zero-order chi connectivity index (χ0) is 21.4. The van der Waals surface area contributed by atoms with Crippen molar-refractivity contribution >= 4 is 21.7 Å². The first kappa shape index (κ1) is 20.6. The first-order chi connectivity index (χ1) is 13.6. The van der Waals surface area contributed by atoms with Crippen LogP contribution in [0.15, 0.2) is 65.3 Å². The van der Waals surface area contributed by atoms with E-state index in [1.54, 1.807) is 0 Å². The fourth-order valence-corrected chi connectivity index (χ4v) is 3.91. The lowest BCUT2D eigenvalue weighted by Crippen LogP contribution is -2.33. The van der Waals surface area contributed by atoms with Crippen molar-refractivity contribution in [3.8, 4) is 5.75 Å². The Morgan fingerprint density at radius 2 is 1.66 bits per heavy atom. The standard InChI is InChI=1S/C19H14F3NO5S/c1-28-12-5-4-6-13(11-12)29(26,27)19(21,22)16(20)9-10-23-17(24)14-7-2-3-8-15(14)18(23)25/h2-9,11H,10H2,1H3/b16-9-. The molecule has 0 saturated carbocycles. The van der Waals surface area contributed by atoms with Crippen LogP contribution in [-0.2, 0) is 9.84 Å². The van der Waals surface area contributed by atoms with Crippen molar-refractivity contribution in [2.75, 3.05) is 13.7 Å². The molecule has 0 aromatic heterocycles. The molecule has 1 aliphatic heterocycles. The summed E-state index contributed by atoms with van der Waals surface area (Å²) in [5.41, 5.74) is 0.115. The van der Waals surface area contributed by atoms with Gasteiger partial charge in [-0.2, -0.15) is 8.78 Å². The average molecular weight is 425 g/mol. The van der Waals surface area contributed by atoms with Gasteiger partial charge in [-0.15, -0.1) is 0 Å². The first-order valence-electron chi connectivity index (χ1n) is 8.19. The third-order valence-corrected chi connectivity index (χ3v) is 6.04. The predicted molar refractivity (Wildman–Crippen MR) is 96.1 cm³/mol. The van der Waals surface area contributed by atoms with Crippen molar-refractivity contribution in [2.45, 2.75) is 10.2 Å². The third-order valence-electron chi connectivity index (χ3n) is 4.30. The second-order valence-electron chi connectivity index (χ2n) is 6.02. The van der Waals surface area contributed by atoms with Crippen LogP contribution < -0.4 is 4.74 Å². The number of methoxy groups -OCH3 is 1. The van der Waals surface area contributed by atoms with Gasteiger partial charge in [0.15, 0.2) is 5.83 Å². The summed E-state index contributed by atoms with van der Waals surface area (Å²) in [7, 11) is -4.23. The Labute approximate surface area is 164 Å². The molecule has 2 aromatic carbocycles. The molecule has 0 spiro atoms. The molecule has 0 saturated heterocycles. The Morgan fingerprint density at radius 1 is 1.07 bits per heavy atom. The van der Waals surface area contributed by atoms with Crippen LogP contribution in [0.2, 0.25) is 0 Å². The fraction of sp³-hybridized carbons (Fsp3) is 0.158. The highest BCUT2D eigenvalue weighted by Crippen LogP contribution is 2.37. The summed E-state index contributed by atoms with van der Waals surface area (Å²) in [6.45, 7) is -0.846. The molecule has 1 aliphatic rings. The van der Waals surface area contributed by atoms with Crippen molar-refractivity contribution in [3.63, 3.8) is 0 Å². The number of carbonyl (C=O) groups excluding carboxylic acids is 2. The van der Waals surface area contributed by atoms with Gasteiger partial charge in [-0.25, -0.2) is 12.8 Å². The maximum absolute atomic E-state index is 14.4. The number of fused-ring (bicyclic) bond motifs is 1. The lowest BCUT2D eigenvalue weighted by atomic mass is 10.1. The lowest BCUT2D eigenvalue weighted by molar-refractivity contribution is 0.0666. The normalized spacial score (nSPS) is 14.9. The summed E-state index contributed by atoms with van der Waals surface area (Å²) < 4.78 is 72.3. The Morgan fingerprint density at radius 3 is 2.21 bits per heavy atom. The van der Waals surface area contributed by atoms with Gasteiger partial charge in [0.25, 0.3) is 21.7 Å². The minimum absolute atomic E-state index is 0.00251. The number of amides is 2. The number of hydrogen-bond donors (Lipinski definition) is 0. The number of imide groups is 1. The highest BCUT2D eigenvalue weighted by molar-refractivity contribution is 7.92. The summed E-state index contributed by atoms with van der Waals surface area (Å²) in [4.78, 5) is 24.1. The Balaban J connectivity index is 1.87. The van der Waals surface area contributed by atoms with Crippen LogP contribution in [0.5, 0.6) is 5.75 Å². The molecule has 3 rings (SSSR count). The molecule has 0 fully saturated rings. The molecule has 2 amide bonds. The van der Waals surface area contributed by atoms with Gasteiger partial charge >= 0.3 is 5.25 Å². The van der Waals surface area contributed by atoms with Gasteiger partial charge in [0.05, 0.1) is 29.7 Å². The minimum Gasteiger partial charge on any atom is -0.497 e. The largest absolute Gasteiger partial charge is 0.497 e. The Bertz CT molecular complexity index is 1090. The molecule has 0 N–H and O–H groups in total. The number of hydrogen-bond acceptors (Lipinski definition) is 5. The van der Waals surface area contributed by atoms with Crippen LogP contribution >= 0.6 is 0 Å². The number of nitrogens with zero attached hydrogens (tertiary/aromatic N) is 1. The first-order valence-corrected chi connectivity index (χ1v) is 9.67. The molecular weight excluding hydrogens is 411 g/mol. The average Bonchev–Trinajstić information content (AvgIpc) is 2.96. The van der Waals surface area contributed by atoms with E-state index in [-0.39, 0.29) is 23.0 Å². The predicted octanol–water partition coefficient (Wildman–Crippen LogP) is 3.21. The van der Waals surface area contributed by atoms with Gasteiger partial charge in [-0.05, 0) is 36.4 Å². The quantitative estimate of drug-likeness (QED) is 0.664. The van der Waals surface area contributed by atoms with E-state index >= 15 is 0 Å². The van der Waals surface area contributed by atoms with Crippen molar-refractivity contribution in [2.24, 2.45) is 0 Å². The fourth-order valence-electron chi connectivity index (χ4n) is 2.74. The number of rotatable bonds is 6. The molecule has 6 nitrogen and oxygen atoms in total. The number of benzene rings is 2. The second kappa shape index (κ2) is 7.36. The minimum atomic E-state index is -5.44. The molecule has 0 bridgehead atoms. The van der Waals surface area contributed by atoms with Crippen LogP contribution in [0.25, 0.3) is 0 Å². The molecule has 0 radical (unpaired) electrons. The second-order valence-corrected chi connectivity index (χ2v) is 8.01. The van der Waals surface area contributed by atoms with Crippen molar-refractivity contribution in [1.29, 1.82) is 0 Å². The highest BCUT2D eigenvalue weighted by atomic mass is 32.2. The third kappa shape index (κ3) is 3.39. The summed E-state index contributed by atoms with van der Waals surface area (Å²) in [5.74, 6) is -3.86. The Kier molecular flexibility index (Phi) is 5.22. The van der Waals surface area contributed by atoms with E-state index in [0.717, 1.165) is 12.1 Å². The number of ether oxygens (including phenoxy) is 1. The maximum Gasteiger partial charge on any atom is 0.400 e. The van der Waals surface area contributed by atoms with E-state index in [4.69, 9.17) is 4.74 Å². The summed E-state index contributed by atoms with van der Waals surface area (Å²) in [6.07, 6.45) is 0.208. The summed E-state index contributed by atoms with van der Waals surface area (Å²) >= 11 is 0. The molecule has 29 heavy (non-hydrogen) atoms. The molecule has 0 unspecified atom stereocenters. The topological polar surface area (TPSA) is 80.8 Å². The van der Waals surface area contributed by atoms with Gasteiger partial charge in [0, 0.05) is 0 Å². The van der Waals surface area contributed by atoms with E-state index in [2.05, 4.69) is 0 Å². The van der Waals surface area contributed by atoms with Crippen LogP contribution in [0.1, 0.15) is 20.7 Å². The Hall–Kier alpha value is -3.14. The number of alkyl halides is 2. The van der Waals surface area contributed by atoms with Crippen molar-refractivity contribution in [1.82, 2.24) is 4.90 Å². The maximum atomic E-state index is 14.4. The van der Waals surface area contributed by atoms with E-state index < -0.39 is 44.2 Å². The van der Waals surface area contributed by atoms with Crippen LogP contribution in [0, 0.1) is 0 Å². The van der Waals surface area contributed by atoms with E-state index in [0.29, 0.717) is 4.90 Å². The zero-order valence-corrected chi connectivity index (χ0v) is 15.8. The molecule has 152 valence electrons. The van der Waals surface area contributed by atoms with Crippen LogP contribution in [0.3, 0.4) is 0 Å². The van der Waals surface area contributed by atoms with Crippen molar-refractivity contribution in [3.05, 3.63) is 71.6 Å². The summed E-state index contributed by atoms with van der Waals surface area (Å²) in [5, 5.41) is -4.90. The van der Waals surface area contributed by atoms with E-state index in [1.165, 1.54) is 43.5 Å². The van der Waals surface area contributed by atoms with Gasteiger partial charge in [-0.3, -0.25) is 14.5 Å². The lowest BCUT2D eigenvalue weighted by Gasteiger charge is -2.17. The molecule has 0 atom stereocenters. The van der Waals surface area contributed by atoms with Crippen molar-refractivity contribution < 1.29 is 35.9 Å². The SMILES string of the molecule is COc1cccc(S(=O)(=O)C(F)(F)/C(F)=C/CN2C(=O)c3ccccc3C2=O)c1. The van der Waals surface area contributed by atoms with E-state index in [1.807, 2.05) is 0 Å². The molecule has 2 aromatic rings. The van der Waals surface area contributed by atoms with Gasteiger partial charge < -0.3 is 4.74 Å².